The van der Waals surface area contributed by atoms with Crippen LogP contribution < -0.4 is 15.0 Å². The van der Waals surface area contributed by atoms with Crippen molar-refractivity contribution in [2.75, 3.05) is 38.2 Å². The molecule has 1 N–H and O–H groups in total. The summed E-state index contributed by atoms with van der Waals surface area (Å²) in [7, 11) is 1.60. The number of rotatable bonds is 6. The zero-order chi connectivity index (χ0) is 24.5. The van der Waals surface area contributed by atoms with Gasteiger partial charge in [-0.3, -0.25) is 19.5 Å². The Balaban J connectivity index is 1.40. The Morgan fingerprint density at radius 1 is 1.14 bits per heavy atom. The molecule has 2 aliphatic rings. The highest BCUT2D eigenvalue weighted by molar-refractivity contribution is 6.07. The van der Waals surface area contributed by atoms with E-state index >= 15 is 0 Å². The second-order valence-corrected chi connectivity index (χ2v) is 9.46. The molecular weight excluding hydrogens is 444 g/mol. The molecule has 9 heteroatoms. The van der Waals surface area contributed by atoms with Crippen molar-refractivity contribution in [3.8, 4) is 5.75 Å². The molecule has 4 heterocycles. The summed E-state index contributed by atoms with van der Waals surface area (Å²) >= 11 is 0. The predicted molar refractivity (Wildman–Crippen MR) is 134 cm³/mol. The molecule has 5 rings (SSSR count). The average Bonchev–Trinajstić information content (AvgIpc) is 3.25. The molecule has 184 valence electrons. The average molecular weight is 477 g/mol. The van der Waals surface area contributed by atoms with Crippen molar-refractivity contribution >= 4 is 23.1 Å². The van der Waals surface area contributed by atoms with Crippen LogP contribution in [0.2, 0.25) is 0 Å². The molecule has 2 saturated heterocycles. The number of nitrogens with zero attached hydrogens (tertiary/aromatic N) is 5. The summed E-state index contributed by atoms with van der Waals surface area (Å²) in [6, 6.07) is 10.1. The lowest BCUT2D eigenvalue weighted by atomic mass is 10.1. The van der Waals surface area contributed by atoms with Gasteiger partial charge in [0.2, 0.25) is 5.91 Å². The normalized spacial score (nSPS) is 19.6. The molecule has 1 aromatic carbocycles. The van der Waals surface area contributed by atoms with Crippen molar-refractivity contribution in [1.29, 1.82) is 0 Å². The lowest BCUT2D eigenvalue weighted by molar-refractivity contribution is -0.129. The van der Waals surface area contributed by atoms with Gasteiger partial charge in [-0.25, -0.2) is 9.31 Å². The minimum atomic E-state index is -0.333. The molecule has 3 aromatic rings. The van der Waals surface area contributed by atoms with Gasteiger partial charge in [-0.1, -0.05) is 12.1 Å². The molecule has 35 heavy (non-hydrogen) atoms. The van der Waals surface area contributed by atoms with Crippen molar-refractivity contribution in [1.82, 2.24) is 24.7 Å². The zero-order valence-electron chi connectivity index (χ0n) is 20.5. The quantitative estimate of drug-likeness (QED) is 0.589. The fourth-order valence-electron chi connectivity index (χ4n) is 4.95. The third-order valence-corrected chi connectivity index (χ3v) is 6.80. The number of hydrogen-bond acceptors (Lipinski definition) is 6. The third-order valence-electron chi connectivity index (χ3n) is 6.80. The van der Waals surface area contributed by atoms with Gasteiger partial charge in [0, 0.05) is 56.9 Å². The van der Waals surface area contributed by atoms with Gasteiger partial charge in [0.1, 0.15) is 5.75 Å². The van der Waals surface area contributed by atoms with E-state index in [1.165, 1.54) is 10.5 Å². The highest BCUT2D eigenvalue weighted by atomic mass is 16.5. The molecule has 2 aromatic heterocycles. The summed E-state index contributed by atoms with van der Waals surface area (Å²) in [5.74, 6) is 0.490. The van der Waals surface area contributed by atoms with E-state index in [4.69, 9.17) is 4.74 Å². The van der Waals surface area contributed by atoms with Crippen LogP contribution in [0.5, 0.6) is 5.75 Å². The third kappa shape index (κ3) is 4.74. The lowest BCUT2D eigenvalue weighted by Crippen LogP contribution is -2.52. The maximum atomic E-state index is 13.5. The molecule has 9 nitrogen and oxygen atoms in total. The van der Waals surface area contributed by atoms with Crippen LogP contribution in [0.3, 0.4) is 0 Å². The van der Waals surface area contributed by atoms with E-state index < -0.39 is 0 Å². The Morgan fingerprint density at radius 2 is 2.00 bits per heavy atom. The van der Waals surface area contributed by atoms with E-state index in [0.717, 1.165) is 48.5 Å². The van der Waals surface area contributed by atoms with E-state index in [1.54, 1.807) is 22.7 Å². The number of methoxy groups -OCH3 is 1. The smallest absolute Gasteiger partial charge is 0.331 e. The van der Waals surface area contributed by atoms with Crippen LogP contribution in [-0.2, 0) is 17.9 Å². The van der Waals surface area contributed by atoms with Crippen LogP contribution in [0.15, 0.2) is 42.7 Å². The van der Waals surface area contributed by atoms with Crippen LogP contribution in [0.4, 0.5) is 10.5 Å². The van der Waals surface area contributed by atoms with E-state index in [-0.39, 0.29) is 24.9 Å². The summed E-state index contributed by atoms with van der Waals surface area (Å²) < 4.78 is 7.28. The number of imide groups is 1. The van der Waals surface area contributed by atoms with Crippen molar-refractivity contribution in [3.63, 3.8) is 0 Å². The van der Waals surface area contributed by atoms with Crippen molar-refractivity contribution in [2.24, 2.45) is 0 Å². The summed E-state index contributed by atoms with van der Waals surface area (Å²) in [5, 5.41) is 7.94. The van der Waals surface area contributed by atoms with E-state index in [2.05, 4.69) is 34.4 Å². The summed E-state index contributed by atoms with van der Waals surface area (Å²) in [6.07, 6.45) is 3.91. The van der Waals surface area contributed by atoms with Crippen molar-refractivity contribution in [2.45, 2.75) is 39.4 Å². The maximum Gasteiger partial charge on any atom is 0.331 e. The second-order valence-electron chi connectivity index (χ2n) is 9.46. The lowest BCUT2D eigenvalue weighted by Gasteiger charge is -2.34. The number of fused-ring (bicyclic) bond motifs is 1. The first-order chi connectivity index (χ1) is 16.9. The highest BCUT2D eigenvalue weighted by Gasteiger charge is 2.34. The minimum absolute atomic E-state index is 0.170. The van der Waals surface area contributed by atoms with E-state index in [9.17, 15) is 9.59 Å². The molecule has 0 aliphatic carbocycles. The molecule has 0 saturated carbocycles. The molecular formula is C26H32N6O3. The number of ether oxygens (including phenoxy) is 1. The number of carbonyl (C=O) groups excluding carboxylic acids is 2. The van der Waals surface area contributed by atoms with Crippen LogP contribution in [0, 0.1) is 6.92 Å². The SMILES string of the molecule is COc1cc(C)ccc1CN1C(=O)CCN(c2cnn3ccc(CN4CCN[C@@H](C)C4)cc23)C1=O. The van der Waals surface area contributed by atoms with Crippen molar-refractivity contribution < 1.29 is 14.3 Å². The fourth-order valence-corrected chi connectivity index (χ4v) is 4.95. The Hall–Kier alpha value is -3.43. The minimum Gasteiger partial charge on any atom is -0.496 e. The molecule has 0 unspecified atom stereocenters. The number of pyridine rings is 1. The summed E-state index contributed by atoms with van der Waals surface area (Å²) in [4.78, 5) is 31.7. The van der Waals surface area contributed by atoms with E-state index in [0.29, 0.717) is 18.3 Å². The van der Waals surface area contributed by atoms with Crippen LogP contribution in [0.25, 0.3) is 5.52 Å². The van der Waals surface area contributed by atoms with Gasteiger partial charge in [-0.15, -0.1) is 0 Å². The van der Waals surface area contributed by atoms with Gasteiger partial charge < -0.3 is 10.1 Å². The number of benzene rings is 1. The molecule has 0 radical (unpaired) electrons. The number of amides is 3. The number of aryl methyl sites for hydroxylation is 1. The van der Waals surface area contributed by atoms with Gasteiger partial charge in [0.25, 0.3) is 0 Å². The van der Waals surface area contributed by atoms with Crippen molar-refractivity contribution in [3.05, 3.63) is 59.4 Å². The standard InChI is InChI=1S/C26H32N6O3/c1-18-4-5-21(24(12-18)35-3)17-31-25(33)7-9-30(26(31)34)23-14-28-32-10-6-20(13-22(23)32)16-29-11-8-27-19(2)15-29/h4-6,10,12-14,19,27H,7-9,11,15-17H2,1-3H3/t19-/m0/s1. The fraction of sp³-hybridized carbons (Fsp3) is 0.423. The number of nitrogens with one attached hydrogen (secondary N) is 1. The molecule has 2 fully saturated rings. The first-order valence-corrected chi connectivity index (χ1v) is 12.1. The number of anilines is 1. The number of piperazine rings is 1. The Bertz CT molecular complexity index is 1260. The molecule has 0 spiro atoms. The number of hydrogen-bond donors (Lipinski definition) is 1. The predicted octanol–water partition coefficient (Wildman–Crippen LogP) is 2.80. The maximum absolute atomic E-state index is 13.5. The summed E-state index contributed by atoms with van der Waals surface area (Å²) in [5.41, 5.74) is 4.62. The molecule has 2 aliphatic heterocycles. The van der Waals surface area contributed by atoms with Gasteiger partial charge >= 0.3 is 6.03 Å². The van der Waals surface area contributed by atoms with Crippen LogP contribution >= 0.6 is 0 Å². The van der Waals surface area contributed by atoms with Gasteiger partial charge in [0.15, 0.2) is 0 Å². The van der Waals surface area contributed by atoms with Crippen LogP contribution in [-0.4, -0.2) is 70.7 Å². The van der Waals surface area contributed by atoms with Gasteiger partial charge in [-0.05, 0) is 43.2 Å². The highest BCUT2D eigenvalue weighted by Crippen LogP contribution is 2.29. The first-order valence-electron chi connectivity index (χ1n) is 12.1. The first kappa shape index (κ1) is 23.3. The summed E-state index contributed by atoms with van der Waals surface area (Å²) in [6.45, 7) is 8.52. The molecule has 1 atom stereocenters. The molecule has 0 bridgehead atoms. The topological polar surface area (TPSA) is 82.4 Å². The number of aromatic nitrogens is 2. The Morgan fingerprint density at radius 3 is 2.80 bits per heavy atom. The largest absolute Gasteiger partial charge is 0.496 e. The zero-order valence-corrected chi connectivity index (χ0v) is 20.5. The van der Waals surface area contributed by atoms with Gasteiger partial charge in [0.05, 0.1) is 31.1 Å². The van der Waals surface area contributed by atoms with E-state index in [1.807, 2.05) is 31.3 Å². The Labute approximate surface area is 205 Å². The monoisotopic (exact) mass is 476 g/mol. The Kier molecular flexibility index (Phi) is 6.44. The number of carbonyl (C=O) groups is 2. The number of urea groups is 1. The second kappa shape index (κ2) is 9.67. The van der Waals surface area contributed by atoms with Gasteiger partial charge in [-0.2, -0.15) is 5.10 Å². The van der Waals surface area contributed by atoms with Crippen LogP contribution in [0.1, 0.15) is 30.0 Å². The molecule has 3 amide bonds.